The van der Waals surface area contributed by atoms with Crippen molar-refractivity contribution in [2.75, 3.05) is 0 Å². The summed E-state index contributed by atoms with van der Waals surface area (Å²) in [6.07, 6.45) is 0. The lowest BCUT2D eigenvalue weighted by molar-refractivity contribution is 0.669. The third-order valence-corrected chi connectivity index (χ3v) is 12.7. The molecule has 11 aromatic carbocycles. The number of hydrogen-bond acceptors (Lipinski definition) is 2. The van der Waals surface area contributed by atoms with E-state index in [1.807, 2.05) is 0 Å². The molecule has 0 spiro atoms. The second-order valence-corrected chi connectivity index (χ2v) is 15.9. The summed E-state index contributed by atoms with van der Waals surface area (Å²) in [5.41, 5.74) is 13.1. The summed E-state index contributed by atoms with van der Waals surface area (Å²) in [6, 6.07) is 74.5. The average molecular weight is 763 g/mol. The molecule has 60 heavy (non-hydrogen) atoms. The smallest absolute Gasteiger partial charge is 0.136 e. The van der Waals surface area contributed by atoms with Crippen molar-refractivity contribution >= 4 is 87.0 Å². The molecule has 278 valence electrons. The summed E-state index contributed by atoms with van der Waals surface area (Å²) in [6.45, 7) is 0. The van der Waals surface area contributed by atoms with Gasteiger partial charge in [0.05, 0.1) is 0 Å². The Hall–Kier alpha value is -7.94. The van der Waals surface area contributed by atoms with Gasteiger partial charge in [0.15, 0.2) is 0 Å². The van der Waals surface area contributed by atoms with Gasteiger partial charge in [0.2, 0.25) is 0 Å². The van der Waals surface area contributed by atoms with Crippen LogP contribution in [0, 0.1) is 0 Å². The fourth-order valence-corrected chi connectivity index (χ4v) is 9.86. The van der Waals surface area contributed by atoms with E-state index in [2.05, 4.69) is 206 Å². The zero-order valence-electron chi connectivity index (χ0n) is 32.4. The molecule has 0 amide bonds. The molecule has 0 aliphatic rings. The normalized spacial score (nSPS) is 12.0. The molecule has 2 heterocycles. The largest absolute Gasteiger partial charge is 0.456 e. The third-order valence-electron chi connectivity index (χ3n) is 12.7. The van der Waals surface area contributed by atoms with E-state index in [4.69, 9.17) is 8.83 Å². The van der Waals surface area contributed by atoms with Crippen LogP contribution in [0.2, 0.25) is 0 Å². The van der Waals surface area contributed by atoms with E-state index in [0.717, 1.165) is 55.4 Å². The quantitative estimate of drug-likeness (QED) is 0.167. The maximum absolute atomic E-state index is 6.42. The second-order valence-electron chi connectivity index (χ2n) is 15.9. The Morgan fingerprint density at radius 1 is 0.217 bits per heavy atom. The molecule has 0 saturated carbocycles. The zero-order valence-corrected chi connectivity index (χ0v) is 32.4. The Labute approximate surface area is 345 Å². The van der Waals surface area contributed by atoms with Crippen molar-refractivity contribution in [2.24, 2.45) is 0 Å². The first kappa shape index (κ1) is 33.1. The lowest BCUT2D eigenvalue weighted by Gasteiger charge is -2.18. The number of furan rings is 2. The van der Waals surface area contributed by atoms with Crippen LogP contribution in [0.25, 0.3) is 131 Å². The summed E-state index contributed by atoms with van der Waals surface area (Å²) < 4.78 is 12.8. The highest BCUT2D eigenvalue weighted by Gasteiger charge is 2.18. The molecular weight excluding hydrogens is 729 g/mol. The van der Waals surface area contributed by atoms with Crippen molar-refractivity contribution in [3.63, 3.8) is 0 Å². The van der Waals surface area contributed by atoms with Crippen molar-refractivity contribution in [1.29, 1.82) is 0 Å². The Morgan fingerprint density at radius 2 is 0.550 bits per heavy atom. The molecule has 0 N–H and O–H groups in total. The Balaban J connectivity index is 0.882. The molecular formula is C58H34O2. The maximum Gasteiger partial charge on any atom is 0.136 e. The van der Waals surface area contributed by atoms with Crippen LogP contribution >= 0.6 is 0 Å². The van der Waals surface area contributed by atoms with E-state index >= 15 is 0 Å². The molecule has 0 bridgehead atoms. The summed E-state index contributed by atoms with van der Waals surface area (Å²) >= 11 is 0. The predicted molar refractivity (Wildman–Crippen MR) is 253 cm³/mol. The zero-order chi connectivity index (χ0) is 39.3. The van der Waals surface area contributed by atoms with Gasteiger partial charge >= 0.3 is 0 Å². The van der Waals surface area contributed by atoms with Gasteiger partial charge in [-0.25, -0.2) is 0 Å². The Kier molecular flexibility index (Phi) is 7.05. The van der Waals surface area contributed by atoms with Gasteiger partial charge in [-0.2, -0.15) is 0 Å². The van der Waals surface area contributed by atoms with Crippen LogP contribution in [0.4, 0.5) is 0 Å². The van der Waals surface area contributed by atoms with Gasteiger partial charge in [-0.1, -0.05) is 170 Å². The molecule has 2 aromatic heterocycles. The Bertz CT molecular complexity index is 3550. The van der Waals surface area contributed by atoms with Gasteiger partial charge in [-0.3, -0.25) is 0 Å². The summed E-state index contributed by atoms with van der Waals surface area (Å²) in [5, 5.41) is 14.5. The van der Waals surface area contributed by atoms with Crippen molar-refractivity contribution < 1.29 is 8.83 Å². The number of hydrogen-bond donors (Lipinski definition) is 0. The fraction of sp³-hybridized carbons (Fsp3) is 0. The van der Waals surface area contributed by atoms with Crippen LogP contribution in [0.5, 0.6) is 0 Å². The lowest BCUT2D eigenvalue weighted by Crippen LogP contribution is -1.91. The number of rotatable bonds is 4. The molecule has 13 aromatic rings. The van der Waals surface area contributed by atoms with Crippen molar-refractivity contribution in [3.8, 4) is 44.5 Å². The van der Waals surface area contributed by atoms with Gasteiger partial charge in [0, 0.05) is 21.5 Å². The lowest BCUT2D eigenvalue weighted by atomic mass is 9.85. The van der Waals surface area contributed by atoms with Crippen LogP contribution < -0.4 is 0 Å². The average Bonchev–Trinajstić information content (AvgIpc) is 3.89. The van der Waals surface area contributed by atoms with Crippen LogP contribution in [0.1, 0.15) is 0 Å². The summed E-state index contributed by atoms with van der Waals surface area (Å²) in [4.78, 5) is 0. The minimum absolute atomic E-state index is 0.907. The van der Waals surface area contributed by atoms with Gasteiger partial charge in [0.25, 0.3) is 0 Å². The maximum atomic E-state index is 6.42. The SMILES string of the molecule is c1ccc2c(c1)ccc1oc3cc(-c4ccc(-c5c6ccccc6c(-c6ccc(-c7ccc8c(c7)oc7ccc9ccccc9c78)cc6)c6ccccc56)cc4)ccc3c12. The molecule has 2 heteroatoms. The van der Waals surface area contributed by atoms with Crippen LogP contribution in [0.15, 0.2) is 215 Å². The third kappa shape index (κ3) is 4.95. The minimum Gasteiger partial charge on any atom is -0.456 e. The highest BCUT2D eigenvalue weighted by Crippen LogP contribution is 2.45. The standard InChI is InChI=1S/C58H34O2/c1-3-11-43-37(9-1)27-31-51-57(43)49-29-25-41(33-53(49)59-51)35-17-21-39(22-18-35)55-45-13-5-7-15-47(45)56(48-16-8-6-14-46(48)55)40-23-19-36(20-24-40)42-26-30-50-54(34-42)60-52-32-28-38-10-2-4-12-44(38)58(50)52/h1-34H. The van der Waals surface area contributed by atoms with Crippen LogP contribution in [-0.2, 0) is 0 Å². The van der Waals surface area contributed by atoms with Gasteiger partial charge in [-0.15, -0.1) is 0 Å². The van der Waals surface area contributed by atoms with Crippen molar-refractivity contribution in [2.45, 2.75) is 0 Å². The molecule has 0 fully saturated rings. The molecule has 0 aliphatic carbocycles. The molecule has 0 radical (unpaired) electrons. The topological polar surface area (TPSA) is 26.3 Å². The molecule has 13 rings (SSSR count). The summed E-state index contributed by atoms with van der Waals surface area (Å²) in [5.74, 6) is 0. The highest BCUT2D eigenvalue weighted by molar-refractivity contribution is 6.22. The number of benzene rings is 11. The van der Waals surface area contributed by atoms with E-state index in [1.165, 1.54) is 76.1 Å². The van der Waals surface area contributed by atoms with Gasteiger partial charge in [-0.05, 0) is 124 Å². The molecule has 0 aliphatic heterocycles. The predicted octanol–water partition coefficient (Wildman–Crippen LogP) is 16.8. The van der Waals surface area contributed by atoms with Gasteiger partial charge in [0.1, 0.15) is 22.3 Å². The minimum atomic E-state index is 0.907. The fourth-order valence-electron chi connectivity index (χ4n) is 9.86. The van der Waals surface area contributed by atoms with E-state index in [9.17, 15) is 0 Å². The number of fused-ring (bicyclic) bond motifs is 12. The van der Waals surface area contributed by atoms with Crippen molar-refractivity contribution in [3.05, 3.63) is 206 Å². The first-order valence-corrected chi connectivity index (χ1v) is 20.6. The molecule has 0 atom stereocenters. The molecule has 0 unspecified atom stereocenters. The Morgan fingerprint density at radius 3 is 0.950 bits per heavy atom. The van der Waals surface area contributed by atoms with Crippen molar-refractivity contribution in [1.82, 2.24) is 0 Å². The first-order valence-electron chi connectivity index (χ1n) is 20.6. The van der Waals surface area contributed by atoms with E-state index in [-0.39, 0.29) is 0 Å². The summed E-state index contributed by atoms with van der Waals surface area (Å²) in [7, 11) is 0. The highest BCUT2D eigenvalue weighted by atomic mass is 16.3. The van der Waals surface area contributed by atoms with E-state index in [1.54, 1.807) is 0 Å². The van der Waals surface area contributed by atoms with E-state index in [0.29, 0.717) is 0 Å². The second kappa shape index (κ2) is 12.8. The molecule has 0 saturated heterocycles. The first-order chi connectivity index (χ1) is 29.7. The van der Waals surface area contributed by atoms with Crippen LogP contribution in [-0.4, -0.2) is 0 Å². The molecule has 2 nitrogen and oxygen atoms in total. The van der Waals surface area contributed by atoms with E-state index < -0.39 is 0 Å². The van der Waals surface area contributed by atoms with Crippen LogP contribution in [0.3, 0.4) is 0 Å². The monoisotopic (exact) mass is 762 g/mol. The van der Waals surface area contributed by atoms with Gasteiger partial charge < -0.3 is 8.83 Å².